The third-order valence-corrected chi connectivity index (χ3v) is 2.90. The zero-order valence-electron chi connectivity index (χ0n) is 11.0. The number of benzene rings is 1. The molecule has 21 heavy (non-hydrogen) atoms. The Labute approximate surface area is 116 Å². The van der Waals surface area contributed by atoms with Crippen molar-refractivity contribution in [2.24, 2.45) is 5.41 Å². The molecule has 0 saturated carbocycles. The number of hydrogen-bond donors (Lipinski definition) is 1. The van der Waals surface area contributed by atoms with Gasteiger partial charge in [-0.2, -0.15) is 31.6 Å². The van der Waals surface area contributed by atoms with Crippen LogP contribution in [0.15, 0.2) is 18.2 Å². The summed E-state index contributed by atoms with van der Waals surface area (Å²) < 4.78 is 76.0. The smallest absolute Gasteiger partial charge is 0.387 e. The van der Waals surface area contributed by atoms with Gasteiger partial charge in [-0.25, -0.2) is 0 Å². The van der Waals surface area contributed by atoms with Crippen molar-refractivity contribution in [3.8, 4) is 6.07 Å². The van der Waals surface area contributed by atoms with E-state index in [-0.39, 0.29) is 6.07 Å². The standard InChI is InChI=1S/C13H11F6NO/c1-11(2,6-20)10(21)7-3-8(12(14,15)16)5-9(4-7)13(17,18)19/h3-5,10,21H,1-2H3. The molecule has 8 heteroatoms. The lowest BCUT2D eigenvalue weighted by Gasteiger charge is -2.25. The minimum Gasteiger partial charge on any atom is -0.387 e. The zero-order chi connectivity index (χ0) is 16.6. The first-order valence-corrected chi connectivity index (χ1v) is 5.68. The molecule has 0 aliphatic rings. The number of nitrogens with zero attached hydrogens (tertiary/aromatic N) is 1. The summed E-state index contributed by atoms with van der Waals surface area (Å²) in [6, 6.07) is 2.44. The molecule has 0 saturated heterocycles. The van der Waals surface area contributed by atoms with Crippen molar-refractivity contribution in [2.45, 2.75) is 32.3 Å². The summed E-state index contributed by atoms with van der Waals surface area (Å²) >= 11 is 0. The van der Waals surface area contributed by atoms with E-state index in [2.05, 4.69) is 0 Å². The van der Waals surface area contributed by atoms with Gasteiger partial charge in [0.2, 0.25) is 0 Å². The van der Waals surface area contributed by atoms with Crippen molar-refractivity contribution >= 4 is 0 Å². The van der Waals surface area contributed by atoms with E-state index in [1.165, 1.54) is 13.8 Å². The molecular weight excluding hydrogens is 300 g/mol. The van der Waals surface area contributed by atoms with Crippen LogP contribution in [-0.2, 0) is 12.4 Å². The SMILES string of the molecule is CC(C)(C#N)C(O)c1cc(C(F)(F)F)cc(C(F)(F)F)c1. The van der Waals surface area contributed by atoms with E-state index in [1.54, 1.807) is 6.07 Å². The molecule has 2 nitrogen and oxygen atoms in total. The van der Waals surface area contributed by atoms with E-state index < -0.39 is 40.6 Å². The third kappa shape index (κ3) is 3.88. The molecule has 0 spiro atoms. The molecular formula is C13H11F6NO. The summed E-state index contributed by atoms with van der Waals surface area (Å²) in [6.07, 6.45) is -11.8. The van der Waals surface area contributed by atoms with Crippen LogP contribution in [0.3, 0.4) is 0 Å². The quantitative estimate of drug-likeness (QED) is 0.827. The van der Waals surface area contributed by atoms with Crippen LogP contribution in [0.5, 0.6) is 0 Å². The first-order valence-electron chi connectivity index (χ1n) is 5.68. The van der Waals surface area contributed by atoms with Gasteiger partial charge in [0.15, 0.2) is 0 Å². The number of nitriles is 1. The van der Waals surface area contributed by atoms with E-state index in [0.29, 0.717) is 12.1 Å². The minimum atomic E-state index is -4.99. The predicted octanol–water partition coefficient (Wildman–Crippen LogP) is 4.31. The van der Waals surface area contributed by atoms with Crippen molar-refractivity contribution in [2.75, 3.05) is 0 Å². The zero-order valence-corrected chi connectivity index (χ0v) is 11.0. The summed E-state index contributed by atoms with van der Waals surface area (Å²) in [5.74, 6) is 0. The van der Waals surface area contributed by atoms with Crippen LogP contribution in [0, 0.1) is 16.7 Å². The summed E-state index contributed by atoms with van der Waals surface area (Å²) in [5, 5.41) is 18.7. The molecule has 0 amide bonds. The molecule has 116 valence electrons. The number of aliphatic hydroxyl groups excluding tert-OH is 1. The first kappa shape index (κ1) is 17.3. The molecule has 0 aromatic heterocycles. The van der Waals surface area contributed by atoms with Crippen LogP contribution in [0.2, 0.25) is 0 Å². The monoisotopic (exact) mass is 311 g/mol. The molecule has 1 aromatic rings. The topological polar surface area (TPSA) is 44.0 Å². The van der Waals surface area contributed by atoms with Crippen LogP contribution in [0.1, 0.15) is 36.6 Å². The summed E-state index contributed by atoms with van der Waals surface area (Å²) in [7, 11) is 0. The van der Waals surface area contributed by atoms with E-state index in [0.717, 1.165) is 0 Å². The van der Waals surface area contributed by atoms with Crippen molar-refractivity contribution in [3.63, 3.8) is 0 Å². The average Bonchev–Trinajstić information content (AvgIpc) is 2.35. The minimum absolute atomic E-state index is 0.0321. The van der Waals surface area contributed by atoms with Gasteiger partial charge in [0, 0.05) is 0 Å². The lowest BCUT2D eigenvalue weighted by atomic mass is 9.83. The number of rotatable bonds is 2. The highest BCUT2D eigenvalue weighted by Gasteiger charge is 2.39. The fraction of sp³-hybridized carbons (Fsp3) is 0.462. The maximum absolute atomic E-state index is 12.7. The molecule has 1 rings (SSSR count). The summed E-state index contributed by atoms with van der Waals surface area (Å²) in [4.78, 5) is 0. The molecule has 1 N–H and O–H groups in total. The van der Waals surface area contributed by atoms with E-state index in [4.69, 9.17) is 5.26 Å². The highest BCUT2D eigenvalue weighted by atomic mass is 19.4. The van der Waals surface area contributed by atoms with E-state index in [9.17, 15) is 31.4 Å². The van der Waals surface area contributed by atoms with Gasteiger partial charge in [0.25, 0.3) is 0 Å². The Morgan fingerprint density at radius 2 is 1.33 bits per heavy atom. The lowest BCUT2D eigenvalue weighted by Crippen LogP contribution is -2.21. The van der Waals surface area contributed by atoms with Gasteiger partial charge in [-0.15, -0.1) is 0 Å². The third-order valence-electron chi connectivity index (χ3n) is 2.90. The Balaban J connectivity index is 3.51. The van der Waals surface area contributed by atoms with Crippen LogP contribution < -0.4 is 0 Å². The fourth-order valence-electron chi connectivity index (χ4n) is 1.61. The molecule has 1 aromatic carbocycles. The maximum Gasteiger partial charge on any atom is 0.416 e. The van der Waals surface area contributed by atoms with Crippen molar-refractivity contribution in [1.29, 1.82) is 5.26 Å². The highest BCUT2D eigenvalue weighted by Crippen LogP contribution is 2.40. The highest BCUT2D eigenvalue weighted by molar-refractivity contribution is 5.36. The van der Waals surface area contributed by atoms with E-state index >= 15 is 0 Å². The number of halogens is 6. The van der Waals surface area contributed by atoms with Crippen molar-refractivity contribution in [1.82, 2.24) is 0 Å². The van der Waals surface area contributed by atoms with Gasteiger partial charge in [0.05, 0.1) is 28.7 Å². The normalized spacial score (nSPS) is 14.7. The Hall–Kier alpha value is -1.75. The fourth-order valence-corrected chi connectivity index (χ4v) is 1.61. The number of hydrogen-bond acceptors (Lipinski definition) is 2. The lowest BCUT2D eigenvalue weighted by molar-refractivity contribution is -0.143. The molecule has 0 aliphatic carbocycles. The Morgan fingerprint density at radius 3 is 1.62 bits per heavy atom. The molecule has 0 radical (unpaired) electrons. The summed E-state index contributed by atoms with van der Waals surface area (Å²) in [6.45, 7) is 2.43. The van der Waals surface area contributed by atoms with Gasteiger partial charge in [0.1, 0.15) is 0 Å². The molecule has 0 bridgehead atoms. The molecule has 0 aliphatic heterocycles. The maximum atomic E-state index is 12.7. The summed E-state index contributed by atoms with van der Waals surface area (Å²) in [5.41, 5.74) is -5.20. The number of alkyl halides is 6. The van der Waals surface area contributed by atoms with E-state index in [1.807, 2.05) is 0 Å². The van der Waals surface area contributed by atoms with Crippen LogP contribution in [0.4, 0.5) is 26.3 Å². The van der Waals surface area contributed by atoms with Crippen molar-refractivity contribution in [3.05, 3.63) is 34.9 Å². The average molecular weight is 311 g/mol. The van der Waals surface area contributed by atoms with Crippen LogP contribution >= 0.6 is 0 Å². The Morgan fingerprint density at radius 1 is 0.952 bits per heavy atom. The second-order valence-electron chi connectivity index (χ2n) is 5.08. The molecule has 1 atom stereocenters. The van der Waals surface area contributed by atoms with Crippen molar-refractivity contribution < 1.29 is 31.4 Å². The largest absolute Gasteiger partial charge is 0.416 e. The Kier molecular flexibility index (Phi) is 4.30. The van der Waals surface area contributed by atoms with Gasteiger partial charge < -0.3 is 5.11 Å². The van der Waals surface area contributed by atoms with Crippen LogP contribution in [-0.4, -0.2) is 5.11 Å². The number of aliphatic hydroxyl groups is 1. The Bertz CT molecular complexity index is 535. The molecule has 1 unspecified atom stereocenters. The van der Waals surface area contributed by atoms with Crippen LogP contribution in [0.25, 0.3) is 0 Å². The predicted molar refractivity (Wildman–Crippen MR) is 60.8 cm³/mol. The molecule has 0 fully saturated rings. The second-order valence-corrected chi connectivity index (χ2v) is 5.08. The van der Waals surface area contributed by atoms with Gasteiger partial charge in [-0.05, 0) is 37.6 Å². The van der Waals surface area contributed by atoms with Gasteiger partial charge in [-0.3, -0.25) is 0 Å². The second kappa shape index (κ2) is 5.22. The van der Waals surface area contributed by atoms with Gasteiger partial charge >= 0.3 is 12.4 Å². The van der Waals surface area contributed by atoms with Gasteiger partial charge in [-0.1, -0.05) is 0 Å². The first-order chi connectivity index (χ1) is 9.29. The molecule has 0 heterocycles.